The zero-order valence-electron chi connectivity index (χ0n) is 16.6. The number of carbonyl (C=O) groups excluding carboxylic acids is 2. The third-order valence-electron chi connectivity index (χ3n) is 4.58. The van der Waals surface area contributed by atoms with Crippen LogP contribution in [-0.2, 0) is 17.5 Å². The summed E-state index contributed by atoms with van der Waals surface area (Å²) < 4.78 is 38.4. The van der Waals surface area contributed by atoms with Crippen LogP contribution in [0, 0.1) is 6.92 Å². The Morgan fingerprint density at radius 1 is 1.06 bits per heavy atom. The average molecular weight is 447 g/mol. The highest BCUT2D eigenvalue weighted by atomic mass is 32.1. The third-order valence-corrected chi connectivity index (χ3v) is 5.78. The SMILES string of the molecule is Cc1nc(-c2ccc(C(F)(F)F)cc2)sc1C(=O)N(CCC(N)=O)Cc1ccccc1. The molecule has 0 atom stereocenters. The summed E-state index contributed by atoms with van der Waals surface area (Å²) in [7, 11) is 0. The molecule has 2 N–H and O–H groups in total. The molecule has 2 aromatic carbocycles. The van der Waals surface area contributed by atoms with Crippen molar-refractivity contribution in [2.45, 2.75) is 26.1 Å². The zero-order valence-corrected chi connectivity index (χ0v) is 17.5. The van der Waals surface area contributed by atoms with E-state index >= 15 is 0 Å². The van der Waals surface area contributed by atoms with Gasteiger partial charge in [0, 0.05) is 25.1 Å². The summed E-state index contributed by atoms with van der Waals surface area (Å²) in [6, 6.07) is 14.0. The Kier molecular flexibility index (Phi) is 6.74. The molecule has 0 saturated heterocycles. The van der Waals surface area contributed by atoms with E-state index in [1.165, 1.54) is 17.0 Å². The van der Waals surface area contributed by atoms with E-state index < -0.39 is 17.6 Å². The van der Waals surface area contributed by atoms with Crippen molar-refractivity contribution in [3.8, 4) is 10.6 Å². The Morgan fingerprint density at radius 2 is 1.71 bits per heavy atom. The van der Waals surface area contributed by atoms with Crippen molar-refractivity contribution < 1.29 is 22.8 Å². The molecular formula is C22H20F3N3O2S. The van der Waals surface area contributed by atoms with Gasteiger partial charge in [-0.3, -0.25) is 9.59 Å². The van der Waals surface area contributed by atoms with E-state index in [9.17, 15) is 22.8 Å². The van der Waals surface area contributed by atoms with Crippen LogP contribution in [0.1, 0.15) is 32.9 Å². The van der Waals surface area contributed by atoms with Crippen molar-refractivity contribution in [3.05, 3.63) is 76.3 Å². The van der Waals surface area contributed by atoms with Gasteiger partial charge in [-0.25, -0.2) is 4.98 Å². The Morgan fingerprint density at radius 3 is 2.29 bits per heavy atom. The zero-order chi connectivity index (χ0) is 22.6. The van der Waals surface area contributed by atoms with Crippen LogP contribution in [0.4, 0.5) is 13.2 Å². The average Bonchev–Trinajstić information content (AvgIpc) is 3.12. The van der Waals surface area contributed by atoms with Crippen molar-refractivity contribution in [2.75, 3.05) is 6.54 Å². The van der Waals surface area contributed by atoms with Crippen LogP contribution < -0.4 is 5.73 Å². The molecule has 31 heavy (non-hydrogen) atoms. The lowest BCUT2D eigenvalue weighted by molar-refractivity contribution is -0.137. The summed E-state index contributed by atoms with van der Waals surface area (Å²) in [6.45, 7) is 2.11. The van der Waals surface area contributed by atoms with Crippen LogP contribution in [0.2, 0.25) is 0 Å². The smallest absolute Gasteiger partial charge is 0.370 e. The number of nitrogens with zero attached hydrogens (tertiary/aromatic N) is 2. The molecule has 162 valence electrons. The quantitative estimate of drug-likeness (QED) is 0.573. The van der Waals surface area contributed by atoms with Crippen LogP contribution in [-0.4, -0.2) is 28.2 Å². The number of amides is 2. The lowest BCUT2D eigenvalue weighted by atomic mass is 10.1. The summed E-state index contributed by atoms with van der Waals surface area (Å²) in [5.74, 6) is -0.824. The minimum Gasteiger partial charge on any atom is -0.370 e. The van der Waals surface area contributed by atoms with Gasteiger partial charge in [0.25, 0.3) is 5.91 Å². The van der Waals surface area contributed by atoms with E-state index in [1.807, 2.05) is 30.3 Å². The molecule has 0 fully saturated rings. The van der Waals surface area contributed by atoms with Crippen molar-refractivity contribution in [2.24, 2.45) is 5.73 Å². The van der Waals surface area contributed by atoms with Gasteiger partial charge in [-0.05, 0) is 24.6 Å². The van der Waals surface area contributed by atoms with E-state index in [0.29, 0.717) is 27.7 Å². The van der Waals surface area contributed by atoms with Crippen LogP contribution in [0.5, 0.6) is 0 Å². The number of primary amides is 1. The number of rotatable bonds is 7. The largest absolute Gasteiger partial charge is 0.416 e. The van der Waals surface area contributed by atoms with E-state index in [1.54, 1.807) is 6.92 Å². The molecule has 0 saturated carbocycles. The number of hydrogen-bond acceptors (Lipinski definition) is 4. The molecule has 1 heterocycles. The lowest BCUT2D eigenvalue weighted by Crippen LogP contribution is -2.33. The maximum absolute atomic E-state index is 13.2. The molecule has 2 amide bonds. The van der Waals surface area contributed by atoms with Gasteiger partial charge in [-0.15, -0.1) is 11.3 Å². The molecule has 3 aromatic rings. The number of halogens is 3. The molecule has 0 aliphatic rings. The molecule has 0 spiro atoms. The van der Waals surface area contributed by atoms with Gasteiger partial charge in [-0.1, -0.05) is 42.5 Å². The Labute approximate surface area is 181 Å². The van der Waals surface area contributed by atoms with Crippen molar-refractivity contribution in [1.29, 1.82) is 0 Å². The maximum Gasteiger partial charge on any atom is 0.416 e. The second kappa shape index (κ2) is 9.30. The molecule has 0 aliphatic heterocycles. The summed E-state index contributed by atoms with van der Waals surface area (Å²) in [5.41, 5.74) is 6.37. The molecule has 9 heteroatoms. The maximum atomic E-state index is 13.2. The molecule has 0 bridgehead atoms. The van der Waals surface area contributed by atoms with Crippen LogP contribution >= 0.6 is 11.3 Å². The van der Waals surface area contributed by atoms with Gasteiger partial charge >= 0.3 is 6.18 Å². The number of hydrogen-bond donors (Lipinski definition) is 1. The van der Waals surface area contributed by atoms with Crippen LogP contribution in [0.15, 0.2) is 54.6 Å². The normalized spacial score (nSPS) is 11.4. The fourth-order valence-electron chi connectivity index (χ4n) is 2.97. The van der Waals surface area contributed by atoms with E-state index in [-0.39, 0.29) is 18.9 Å². The summed E-state index contributed by atoms with van der Waals surface area (Å²) in [5, 5.41) is 0.448. The first-order chi connectivity index (χ1) is 14.6. The summed E-state index contributed by atoms with van der Waals surface area (Å²) in [6.07, 6.45) is -4.40. The van der Waals surface area contributed by atoms with Crippen LogP contribution in [0.3, 0.4) is 0 Å². The first-order valence-corrected chi connectivity index (χ1v) is 10.2. The predicted octanol–water partition coefficient (Wildman–Crippen LogP) is 4.66. The monoisotopic (exact) mass is 447 g/mol. The highest BCUT2D eigenvalue weighted by Gasteiger charge is 2.30. The predicted molar refractivity (Wildman–Crippen MR) is 112 cm³/mol. The van der Waals surface area contributed by atoms with E-state index in [4.69, 9.17) is 5.73 Å². The molecule has 1 aromatic heterocycles. The number of thiazole rings is 1. The van der Waals surface area contributed by atoms with Gasteiger partial charge in [-0.2, -0.15) is 13.2 Å². The summed E-state index contributed by atoms with van der Waals surface area (Å²) >= 11 is 1.11. The van der Waals surface area contributed by atoms with Gasteiger partial charge in [0.15, 0.2) is 0 Å². The number of benzene rings is 2. The number of nitrogens with two attached hydrogens (primary N) is 1. The van der Waals surface area contributed by atoms with Gasteiger partial charge in [0.05, 0.1) is 11.3 Å². The summed E-state index contributed by atoms with van der Waals surface area (Å²) in [4.78, 5) is 30.7. The fourth-order valence-corrected chi connectivity index (χ4v) is 4.00. The lowest BCUT2D eigenvalue weighted by Gasteiger charge is -2.22. The number of alkyl halides is 3. The van der Waals surface area contributed by atoms with E-state index in [2.05, 4.69) is 4.98 Å². The number of carbonyl (C=O) groups is 2. The standard InChI is InChI=1S/C22H20F3N3O2S/c1-14-19(31-20(27-14)16-7-9-17(10-8-16)22(23,24)25)21(30)28(12-11-18(26)29)13-15-5-3-2-4-6-15/h2-10H,11-13H2,1H3,(H2,26,29). The minimum atomic E-state index is -4.42. The molecular weight excluding hydrogens is 427 g/mol. The Bertz CT molecular complexity index is 1060. The van der Waals surface area contributed by atoms with Gasteiger partial charge < -0.3 is 10.6 Å². The molecule has 0 unspecified atom stereocenters. The second-order valence-electron chi connectivity index (χ2n) is 6.94. The minimum absolute atomic E-state index is 0.0161. The van der Waals surface area contributed by atoms with Crippen molar-refractivity contribution >= 4 is 23.2 Å². The first-order valence-electron chi connectivity index (χ1n) is 9.41. The fraction of sp³-hybridized carbons (Fsp3) is 0.227. The topological polar surface area (TPSA) is 76.3 Å². The third kappa shape index (κ3) is 5.69. The second-order valence-corrected chi connectivity index (χ2v) is 7.94. The molecule has 5 nitrogen and oxygen atoms in total. The van der Waals surface area contributed by atoms with Crippen molar-refractivity contribution in [3.63, 3.8) is 0 Å². The Balaban J connectivity index is 1.86. The number of aryl methyl sites for hydroxylation is 1. The highest BCUT2D eigenvalue weighted by molar-refractivity contribution is 7.17. The molecule has 0 radical (unpaired) electrons. The van der Waals surface area contributed by atoms with Gasteiger partial charge in [0.1, 0.15) is 9.88 Å². The van der Waals surface area contributed by atoms with Gasteiger partial charge in [0.2, 0.25) is 5.91 Å². The Hall–Kier alpha value is -3.20. The van der Waals surface area contributed by atoms with Crippen molar-refractivity contribution in [1.82, 2.24) is 9.88 Å². The first kappa shape index (κ1) is 22.5. The highest BCUT2D eigenvalue weighted by Crippen LogP contribution is 2.33. The number of aromatic nitrogens is 1. The van der Waals surface area contributed by atoms with Crippen LogP contribution in [0.25, 0.3) is 10.6 Å². The van der Waals surface area contributed by atoms with E-state index in [0.717, 1.165) is 29.0 Å². The molecule has 3 rings (SSSR count). The molecule has 0 aliphatic carbocycles.